The van der Waals surface area contributed by atoms with E-state index in [1.165, 1.54) is 0 Å². The number of hydrogen-bond acceptors (Lipinski definition) is 5. The van der Waals surface area contributed by atoms with E-state index in [2.05, 4.69) is 15.1 Å². The van der Waals surface area contributed by atoms with E-state index in [9.17, 15) is 9.59 Å². The van der Waals surface area contributed by atoms with E-state index in [1.807, 2.05) is 11.8 Å². The molecule has 2 unspecified atom stereocenters. The molecule has 2 aliphatic heterocycles. The number of likely N-dealkylation sites (tertiary alicyclic amines) is 1. The van der Waals surface area contributed by atoms with E-state index in [0.717, 1.165) is 62.9 Å². The van der Waals surface area contributed by atoms with Crippen LogP contribution in [0.1, 0.15) is 53.0 Å². The number of aryl methyl sites for hydroxylation is 1. The zero-order chi connectivity index (χ0) is 19.3. The molecule has 0 radical (unpaired) electrons. The number of hydrogen-bond donors (Lipinski definition) is 1. The third-order valence-electron chi connectivity index (χ3n) is 6.37. The highest BCUT2D eigenvalue weighted by Crippen LogP contribution is 2.29. The van der Waals surface area contributed by atoms with Crippen molar-refractivity contribution in [2.75, 3.05) is 19.7 Å². The van der Waals surface area contributed by atoms with Crippen molar-refractivity contribution in [3.8, 4) is 5.95 Å². The fourth-order valence-electron chi connectivity index (χ4n) is 4.80. The molecule has 28 heavy (non-hydrogen) atoms. The molecule has 0 aromatic carbocycles. The maximum absolute atomic E-state index is 13.1. The van der Waals surface area contributed by atoms with Crippen molar-refractivity contribution in [2.24, 2.45) is 5.92 Å². The maximum Gasteiger partial charge on any atom is 0.257 e. The number of carbonyl (C=O) groups excluding carboxylic acids is 1. The molecule has 148 valence electrons. The molecule has 1 N–H and O–H groups in total. The van der Waals surface area contributed by atoms with Gasteiger partial charge in [-0.25, -0.2) is 9.67 Å². The van der Waals surface area contributed by atoms with Crippen LogP contribution >= 0.6 is 0 Å². The van der Waals surface area contributed by atoms with E-state index < -0.39 is 0 Å². The number of amides is 1. The highest BCUT2D eigenvalue weighted by molar-refractivity contribution is 5.95. The lowest BCUT2D eigenvalue weighted by Crippen LogP contribution is -2.48. The van der Waals surface area contributed by atoms with Gasteiger partial charge in [-0.1, -0.05) is 0 Å². The van der Waals surface area contributed by atoms with Crippen molar-refractivity contribution in [3.63, 3.8) is 0 Å². The van der Waals surface area contributed by atoms with Crippen LogP contribution in [0.3, 0.4) is 0 Å². The third-order valence-corrected chi connectivity index (χ3v) is 6.37. The second kappa shape index (κ2) is 6.84. The topological polar surface area (TPSA) is 93.1 Å². The Bertz CT molecular complexity index is 979. The summed E-state index contributed by atoms with van der Waals surface area (Å²) in [5.74, 6) is 0.814. The van der Waals surface area contributed by atoms with Gasteiger partial charge in [0.1, 0.15) is 0 Å². The number of nitrogens with zero attached hydrogens (tertiary/aromatic N) is 4. The predicted octanol–water partition coefficient (Wildman–Crippen LogP) is 1.39. The van der Waals surface area contributed by atoms with Crippen molar-refractivity contribution in [2.45, 2.75) is 51.6 Å². The van der Waals surface area contributed by atoms with E-state index in [0.29, 0.717) is 35.8 Å². The van der Waals surface area contributed by atoms with Crippen LogP contribution < -0.4 is 5.56 Å². The molecule has 2 saturated heterocycles. The average molecular weight is 383 g/mol. The molecular formula is C20H25N5O3. The monoisotopic (exact) mass is 383 g/mol. The van der Waals surface area contributed by atoms with Gasteiger partial charge in [-0.2, -0.15) is 5.10 Å². The molecule has 2 aromatic heterocycles. The molecule has 0 bridgehead atoms. The Morgan fingerprint density at radius 1 is 1.29 bits per heavy atom. The number of aromatic nitrogens is 4. The average Bonchev–Trinajstić information content (AvgIpc) is 3.34. The predicted molar refractivity (Wildman–Crippen MR) is 102 cm³/mol. The smallest absolute Gasteiger partial charge is 0.257 e. The molecule has 8 heteroatoms. The van der Waals surface area contributed by atoms with E-state index in [1.54, 1.807) is 10.9 Å². The zero-order valence-corrected chi connectivity index (χ0v) is 16.1. The Morgan fingerprint density at radius 2 is 2.18 bits per heavy atom. The first-order valence-corrected chi connectivity index (χ1v) is 10.2. The molecule has 0 spiro atoms. The number of nitrogens with one attached hydrogen (secondary N) is 1. The van der Waals surface area contributed by atoms with Crippen molar-refractivity contribution >= 4 is 5.91 Å². The number of ether oxygens (including phenoxy) is 1. The fourth-order valence-corrected chi connectivity index (χ4v) is 4.80. The van der Waals surface area contributed by atoms with Gasteiger partial charge < -0.3 is 9.64 Å². The third kappa shape index (κ3) is 2.87. The van der Waals surface area contributed by atoms with E-state index in [4.69, 9.17) is 4.74 Å². The van der Waals surface area contributed by atoms with Crippen molar-refractivity contribution < 1.29 is 9.53 Å². The summed E-state index contributed by atoms with van der Waals surface area (Å²) in [6.07, 6.45) is 7.51. The summed E-state index contributed by atoms with van der Waals surface area (Å²) in [5, 5.41) is 4.36. The highest BCUT2D eigenvalue weighted by Gasteiger charge is 2.35. The van der Waals surface area contributed by atoms with E-state index >= 15 is 0 Å². The number of rotatable bonds is 2. The minimum atomic E-state index is -0.0975. The van der Waals surface area contributed by atoms with Gasteiger partial charge in [0.05, 0.1) is 29.3 Å². The summed E-state index contributed by atoms with van der Waals surface area (Å²) in [6.45, 7) is 4.14. The molecule has 2 atom stereocenters. The summed E-state index contributed by atoms with van der Waals surface area (Å²) in [5.41, 5.74) is 2.80. The van der Waals surface area contributed by atoms with Crippen molar-refractivity contribution in [1.29, 1.82) is 0 Å². The Morgan fingerprint density at radius 3 is 3.07 bits per heavy atom. The quantitative estimate of drug-likeness (QED) is 0.846. The molecular weight excluding hydrogens is 358 g/mol. The summed E-state index contributed by atoms with van der Waals surface area (Å²) < 4.78 is 7.43. The number of fused-ring (bicyclic) bond motifs is 2. The van der Waals surface area contributed by atoms with Crippen LogP contribution in [0, 0.1) is 12.8 Å². The molecule has 4 heterocycles. The second-order valence-corrected chi connectivity index (χ2v) is 8.08. The molecule has 2 aromatic rings. The minimum absolute atomic E-state index is 0.00344. The highest BCUT2D eigenvalue weighted by atomic mass is 16.5. The normalized spacial score (nSPS) is 24.1. The first kappa shape index (κ1) is 17.6. The van der Waals surface area contributed by atoms with Crippen LogP contribution in [-0.2, 0) is 17.6 Å². The molecule has 1 amide bonds. The van der Waals surface area contributed by atoms with Crippen molar-refractivity contribution in [1.82, 2.24) is 24.6 Å². The lowest BCUT2D eigenvalue weighted by Gasteiger charge is -2.41. The standard InChI is InChI=1S/C20H25N5O3/c1-12-15(19(27)24-8-7-17-13(11-24)4-3-9-28-17)10-21-25(12)20-22-16-6-2-5-14(16)18(26)23-20/h10,13,17H,2-9,11H2,1H3,(H,22,23,26). The summed E-state index contributed by atoms with van der Waals surface area (Å²) >= 11 is 0. The van der Waals surface area contributed by atoms with Crippen LogP contribution in [0.15, 0.2) is 11.0 Å². The van der Waals surface area contributed by atoms with Gasteiger partial charge in [-0.15, -0.1) is 0 Å². The van der Waals surface area contributed by atoms with Crippen LogP contribution in [0.25, 0.3) is 5.95 Å². The number of aromatic amines is 1. The molecule has 0 saturated carbocycles. The fraction of sp³-hybridized carbons (Fsp3) is 0.600. The number of piperidine rings is 1. The molecule has 2 fully saturated rings. The number of carbonyl (C=O) groups is 1. The van der Waals surface area contributed by atoms with Gasteiger partial charge >= 0.3 is 0 Å². The summed E-state index contributed by atoms with van der Waals surface area (Å²) in [7, 11) is 0. The molecule has 1 aliphatic carbocycles. The Labute approximate surface area is 162 Å². The molecule has 8 nitrogen and oxygen atoms in total. The van der Waals surface area contributed by atoms with E-state index in [-0.39, 0.29) is 11.5 Å². The summed E-state index contributed by atoms with van der Waals surface area (Å²) in [4.78, 5) is 34.8. The van der Waals surface area contributed by atoms with Gasteiger partial charge in [0.2, 0.25) is 5.95 Å². The Hall–Kier alpha value is -2.48. The van der Waals surface area contributed by atoms with Gasteiger partial charge in [0.25, 0.3) is 11.5 Å². The Balaban J connectivity index is 1.40. The lowest BCUT2D eigenvalue weighted by molar-refractivity contribution is -0.0607. The molecule has 3 aliphatic rings. The minimum Gasteiger partial charge on any atom is -0.378 e. The van der Waals surface area contributed by atoms with Gasteiger partial charge in [-0.05, 0) is 45.4 Å². The zero-order valence-electron chi connectivity index (χ0n) is 16.1. The van der Waals surface area contributed by atoms with Crippen molar-refractivity contribution in [3.05, 3.63) is 39.1 Å². The van der Waals surface area contributed by atoms with Crippen LogP contribution in [0.2, 0.25) is 0 Å². The largest absolute Gasteiger partial charge is 0.378 e. The number of H-pyrrole nitrogens is 1. The van der Waals surface area contributed by atoms with Gasteiger partial charge in [0, 0.05) is 31.2 Å². The lowest BCUT2D eigenvalue weighted by atomic mass is 9.88. The first-order chi connectivity index (χ1) is 13.6. The van der Waals surface area contributed by atoms with Gasteiger partial charge in [-0.3, -0.25) is 14.6 Å². The van der Waals surface area contributed by atoms with Gasteiger partial charge in [0.15, 0.2) is 0 Å². The second-order valence-electron chi connectivity index (χ2n) is 8.08. The van der Waals surface area contributed by atoms with Crippen LogP contribution in [0.5, 0.6) is 0 Å². The van der Waals surface area contributed by atoms with Crippen LogP contribution in [-0.4, -0.2) is 56.4 Å². The summed E-state index contributed by atoms with van der Waals surface area (Å²) in [6, 6.07) is 0. The Kier molecular flexibility index (Phi) is 4.30. The maximum atomic E-state index is 13.1. The first-order valence-electron chi connectivity index (χ1n) is 10.2. The van der Waals surface area contributed by atoms with Crippen LogP contribution in [0.4, 0.5) is 0 Å². The SMILES string of the molecule is Cc1c(C(=O)N2CCC3OCCCC3C2)cnn1-c1nc2c(c(=O)[nH]1)CCC2. The molecule has 5 rings (SSSR count).